The van der Waals surface area contributed by atoms with Crippen molar-refractivity contribution in [1.82, 2.24) is 20.2 Å². The topological polar surface area (TPSA) is 75.2 Å². The predicted octanol–water partition coefficient (Wildman–Crippen LogP) is 0.592. The summed E-state index contributed by atoms with van der Waals surface area (Å²) < 4.78 is 0. The zero-order valence-electron chi connectivity index (χ0n) is 10.9. The lowest BCUT2D eigenvalue weighted by Gasteiger charge is -2.19. The lowest BCUT2D eigenvalue weighted by Crippen LogP contribution is -2.34. The van der Waals surface area contributed by atoms with Crippen LogP contribution >= 0.6 is 0 Å². The Bertz CT molecular complexity index is 666. The van der Waals surface area contributed by atoms with Gasteiger partial charge in [0, 0.05) is 38.4 Å². The molecule has 0 bridgehead atoms. The van der Waals surface area contributed by atoms with Crippen LogP contribution in [0.4, 0.5) is 0 Å². The molecule has 1 aliphatic heterocycles. The van der Waals surface area contributed by atoms with E-state index < -0.39 is 0 Å². The molecule has 0 saturated carbocycles. The van der Waals surface area contributed by atoms with Crippen molar-refractivity contribution in [2.24, 2.45) is 0 Å². The SMILES string of the molecule is O=C1CCN(C(=O)c2cccc3nccnc23)CCN1. The fourth-order valence-corrected chi connectivity index (χ4v) is 2.31. The molecule has 0 atom stereocenters. The number of nitrogens with one attached hydrogen (secondary N) is 1. The summed E-state index contributed by atoms with van der Waals surface area (Å²) in [4.78, 5) is 34.0. The molecule has 3 rings (SSSR count). The number of carbonyl (C=O) groups excluding carboxylic acids is 2. The summed E-state index contributed by atoms with van der Waals surface area (Å²) in [6.45, 7) is 1.43. The molecule has 1 aromatic carbocycles. The minimum atomic E-state index is -0.104. The van der Waals surface area contributed by atoms with Crippen molar-refractivity contribution >= 4 is 22.8 Å². The summed E-state index contributed by atoms with van der Waals surface area (Å²) in [6, 6.07) is 5.37. The van der Waals surface area contributed by atoms with Crippen molar-refractivity contribution in [3.8, 4) is 0 Å². The van der Waals surface area contributed by atoms with Crippen LogP contribution in [0, 0.1) is 0 Å². The zero-order valence-corrected chi connectivity index (χ0v) is 10.9. The van der Waals surface area contributed by atoms with Crippen molar-refractivity contribution in [2.45, 2.75) is 6.42 Å². The minimum Gasteiger partial charge on any atom is -0.354 e. The van der Waals surface area contributed by atoms with Crippen molar-refractivity contribution in [3.05, 3.63) is 36.2 Å². The second-order valence-corrected chi connectivity index (χ2v) is 4.62. The molecule has 2 aromatic rings. The summed E-state index contributed by atoms with van der Waals surface area (Å²) in [7, 11) is 0. The molecule has 0 unspecified atom stereocenters. The summed E-state index contributed by atoms with van der Waals surface area (Å²) in [5.41, 5.74) is 1.83. The van der Waals surface area contributed by atoms with Gasteiger partial charge in [0.1, 0.15) is 5.52 Å². The van der Waals surface area contributed by atoms with Gasteiger partial charge in [0.15, 0.2) is 0 Å². The molecular weight excluding hydrogens is 256 g/mol. The number of hydrogen-bond donors (Lipinski definition) is 1. The van der Waals surface area contributed by atoms with Crippen LogP contribution in [-0.4, -0.2) is 46.3 Å². The predicted molar refractivity (Wildman–Crippen MR) is 73.1 cm³/mol. The number of aromatic nitrogens is 2. The third kappa shape index (κ3) is 2.32. The van der Waals surface area contributed by atoms with E-state index in [0.29, 0.717) is 42.7 Å². The lowest BCUT2D eigenvalue weighted by molar-refractivity contribution is -0.120. The van der Waals surface area contributed by atoms with Crippen LogP contribution in [0.1, 0.15) is 16.8 Å². The molecule has 1 saturated heterocycles. The normalized spacial score (nSPS) is 15.8. The number of nitrogens with zero attached hydrogens (tertiary/aromatic N) is 3. The Morgan fingerprint density at radius 3 is 2.95 bits per heavy atom. The van der Waals surface area contributed by atoms with Gasteiger partial charge < -0.3 is 10.2 Å². The first-order valence-corrected chi connectivity index (χ1v) is 6.51. The highest BCUT2D eigenvalue weighted by Gasteiger charge is 2.21. The maximum atomic E-state index is 12.6. The summed E-state index contributed by atoms with van der Waals surface area (Å²) in [5.74, 6) is -0.120. The molecule has 1 aromatic heterocycles. The molecule has 0 spiro atoms. The van der Waals surface area contributed by atoms with Gasteiger partial charge in [-0.15, -0.1) is 0 Å². The average molecular weight is 270 g/mol. The van der Waals surface area contributed by atoms with Crippen molar-refractivity contribution in [3.63, 3.8) is 0 Å². The molecule has 1 fully saturated rings. The van der Waals surface area contributed by atoms with Crippen LogP contribution in [0.5, 0.6) is 0 Å². The van der Waals surface area contributed by atoms with Gasteiger partial charge in [0.2, 0.25) is 5.91 Å². The quantitative estimate of drug-likeness (QED) is 0.823. The van der Waals surface area contributed by atoms with E-state index in [-0.39, 0.29) is 11.8 Å². The molecule has 2 heterocycles. The first kappa shape index (κ1) is 12.5. The van der Waals surface area contributed by atoms with Gasteiger partial charge in [-0.2, -0.15) is 0 Å². The largest absolute Gasteiger partial charge is 0.354 e. The van der Waals surface area contributed by atoms with Crippen LogP contribution < -0.4 is 5.32 Å². The van der Waals surface area contributed by atoms with E-state index in [1.54, 1.807) is 29.4 Å². The number of fused-ring (bicyclic) bond motifs is 1. The smallest absolute Gasteiger partial charge is 0.256 e. The molecule has 1 N–H and O–H groups in total. The third-order valence-electron chi connectivity index (χ3n) is 3.33. The molecule has 6 nitrogen and oxygen atoms in total. The third-order valence-corrected chi connectivity index (χ3v) is 3.33. The molecule has 20 heavy (non-hydrogen) atoms. The molecule has 1 aliphatic rings. The highest BCUT2D eigenvalue weighted by molar-refractivity contribution is 6.04. The monoisotopic (exact) mass is 270 g/mol. The highest BCUT2D eigenvalue weighted by Crippen LogP contribution is 2.16. The van der Waals surface area contributed by atoms with Gasteiger partial charge in [-0.3, -0.25) is 19.6 Å². The average Bonchev–Trinajstić information content (AvgIpc) is 2.71. The summed E-state index contributed by atoms with van der Waals surface area (Å²) in [6.07, 6.45) is 3.51. The Hall–Kier alpha value is -2.50. The van der Waals surface area contributed by atoms with Crippen molar-refractivity contribution in [1.29, 1.82) is 0 Å². The Kier molecular flexibility index (Phi) is 3.28. The second kappa shape index (κ2) is 5.24. The zero-order chi connectivity index (χ0) is 13.9. The second-order valence-electron chi connectivity index (χ2n) is 4.62. The Balaban J connectivity index is 1.94. The molecular formula is C14H14N4O2. The number of benzene rings is 1. The Morgan fingerprint density at radius 2 is 2.05 bits per heavy atom. The van der Waals surface area contributed by atoms with E-state index in [1.165, 1.54) is 0 Å². The number of rotatable bonds is 1. The van der Waals surface area contributed by atoms with Crippen LogP contribution in [0.25, 0.3) is 11.0 Å². The van der Waals surface area contributed by atoms with Crippen LogP contribution in [0.2, 0.25) is 0 Å². The van der Waals surface area contributed by atoms with Gasteiger partial charge in [-0.05, 0) is 12.1 Å². The molecule has 2 amide bonds. The van der Waals surface area contributed by atoms with Gasteiger partial charge >= 0.3 is 0 Å². The van der Waals surface area contributed by atoms with Crippen molar-refractivity contribution in [2.75, 3.05) is 19.6 Å². The molecule has 102 valence electrons. The Morgan fingerprint density at radius 1 is 1.20 bits per heavy atom. The van der Waals surface area contributed by atoms with Crippen LogP contribution in [0.15, 0.2) is 30.6 Å². The van der Waals surface area contributed by atoms with Gasteiger partial charge in [0.25, 0.3) is 5.91 Å². The molecule has 0 aliphatic carbocycles. The lowest BCUT2D eigenvalue weighted by atomic mass is 10.1. The standard InChI is InChI=1S/C14H14N4O2/c19-12-4-8-18(9-7-16-12)14(20)10-2-1-3-11-13(10)17-6-5-15-11/h1-3,5-6H,4,7-9H2,(H,16,19). The van der Waals surface area contributed by atoms with Crippen molar-refractivity contribution < 1.29 is 9.59 Å². The van der Waals surface area contributed by atoms with Gasteiger partial charge in [0.05, 0.1) is 11.1 Å². The van der Waals surface area contributed by atoms with E-state index in [1.807, 2.05) is 6.07 Å². The number of carbonyl (C=O) groups is 2. The van der Waals surface area contributed by atoms with E-state index in [9.17, 15) is 9.59 Å². The van der Waals surface area contributed by atoms with E-state index in [2.05, 4.69) is 15.3 Å². The van der Waals surface area contributed by atoms with E-state index in [4.69, 9.17) is 0 Å². The maximum Gasteiger partial charge on any atom is 0.256 e. The summed E-state index contributed by atoms with van der Waals surface area (Å²) >= 11 is 0. The maximum absolute atomic E-state index is 12.6. The first-order chi connectivity index (χ1) is 9.75. The molecule has 0 radical (unpaired) electrons. The number of para-hydroxylation sites is 1. The number of amides is 2. The molecule has 6 heteroatoms. The van der Waals surface area contributed by atoms with Crippen LogP contribution in [0.3, 0.4) is 0 Å². The minimum absolute atomic E-state index is 0.0157. The summed E-state index contributed by atoms with van der Waals surface area (Å²) in [5, 5.41) is 2.76. The fourth-order valence-electron chi connectivity index (χ4n) is 2.31. The van der Waals surface area contributed by atoms with E-state index >= 15 is 0 Å². The fraction of sp³-hybridized carbons (Fsp3) is 0.286. The Labute approximate surface area is 115 Å². The first-order valence-electron chi connectivity index (χ1n) is 6.51. The highest BCUT2D eigenvalue weighted by atomic mass is 16.2. The van der Waals surface area contributed by atoms with E-state index in [0.717, 1.165) is 0 Å². The van der Waals surface area contributed by atoms with Crippen LogP contribution in [-0.2, 0) is 4.79 Å². The van der Waals surface area contributed by atoms with Gasteiger partial charge in [-0.1, -0.05) is 6.07 Å². The van der Waals surface area contributed by atoms with Gasteiger partial charge in [-0.25, -0.2) is 0 Å². The number of hydrogen-bond acceptors (Lipinski definition) is 4.